The highest BCUT2D eigenvalue weighted by atomic mass is 32.2. The maximum absolute atomic E-state index is 12.2. The van der Waals surface area contributed by atoms with Crippen molar-refractivity contribution in [3.63, 3.8) is 0 Å². The van der Waals surface area contributed by atoms with E-state index in [2.05, 4.69) is 21.4 Å². The van der Waals surface area contributed by atoms with Crippen LogP contribution >= 0.6 is 0 Å². The molecule has 0 radical (unpaired) electrons. The molecule has 2 aliphatic carbocycles. The van der Waals surface area contributed by atoms with Crippen LogP contribution in [0.1, 0.15) is 42.0 Å². The van der Waals surface area contributed by atoms with Crippen LogP contribution in [0.25, 0.3) is 0 Å². The average molecular weight is 337 g/mol. The van der Waals surface area contributed by atoms with Crippen LogP contribution < -0.4 is 15.4 Å². The molecule has 0 bridgehead atoms. The second-order valence-corrected chi connectivity index (χ2v) is 7.88. The summed E-state index contributed by atoms with van der Waals surface area (Å²) in [6.45, 7) is 2.34. The van der Waals surface area contributed by atoms with E-state index in [1.54, 1.807) is 0 Å². The van der Waals surface area contributed by atoms with Crippen molar-refractivity contribution < 1.29 is 13.2 Å². The fourth-order valence-corrected chi connectivity index (χ4v) is 4.40. The van der Waals surface area contributed by atoms with E-state index in [1.165, 1.54) is 22.3 Å². The lowest BCUT2D eigenvalue weighted by Gasteiger charge is -2.16. The summed E-state index contributed by atoms with van der Waals surface area (Å²) < 4.78 is 25.7. The van der Waals surface area contributed by atoms with Crippen molar-refractivity contribution in [1.29, 1.82) is 0 Å². The van der Waals surface area contributed by atoms with E-state index in [0.717, 1.165) is 44.2 Å². The lowest BCUT2D eigenvalue weighted by molar-refractivity contribution is 0.256. The number of urea groups is 1. The van der Waals surface area contributed by atoms with Crippen LogP contribution in [0.3, 0.4) is 0 Å². The van der Waals surface area contributed by atoms with Crippen molar-refractivity contribution in [3.05, 3.63) is 28.3 Å². The molecule has 0 heterocycles. The average Bonchev–Trinajstić information content (AvgIpc) is 3.12. The number of carbonyl (C=O) groups is 1. The van der Waals surface area contributed by atoms with Gasteiger partial charge in [0.1, 0.15) is 5.88 Å². The molecular formula is C16H23N3O3S. The summed E-state index contributed by atoms with van der Waals surface area (Å²) >= 11 is 0. The van der Waals surface area contributed by atoms with Crippen molar-refractivity contribution in [2.45, 2.75) is 45.4 Å². The number of fused-ring (bicyclic) bond motifs is 2. The van der Waals surface area contributed by atoms with Gasteiger partial charge in [0.15, 0.2) is 0 Å². The molecule has 0 fully saturated rings. The molecule has 0 atom stereocenters. The van der Waals surface area contributed by atoms with Crippen molar-refractivity contribution in [2.24, 2.45) is 0 Å². The Hall–Kier alpha value is -1.60. The maximum Gasteiger partial charge on any atom is 0.332 e. The number of sulfonamides is 1. The summed E-state index contributed by atoms with van der Waals surface area (Å²) in [5, 5.41) is 5.53. The van der Waals surface area contributed by atoms with Crippen LogP contribution in [0.15, 0.2) is 6.07 Å². The van der Waals surface area contributed by atoms with Crippen LogP contribution in [0, 0.1) is 0 Å². The Morgan fingerprint density at radius 1 is 1.09 bits per heavy atom. The molecular weight excluding hydrogens is 314 g/mol. The zero-order valence-corrected chi connectivity index (χ0v) is 14.2. The van der Waals surface area contributed by atoms with Gasteiger partial charge in [0.05, 0.1) is 0 Å². The van der Waals surface area contributed by atoms with E-state index in [4.69, 9.17) is 0 Å². The quantitative estimate of drug-likeness (QED) is 0.763. The minimum Gasteiger partial charge on any atom is -0.307 e. The maximum atomic E-state index is 12.2. The van der Waals surface area contributed by atoms with Gasteiger partial charge in [-0.05, 0) is 67.3 Å². The zero-order chi connectivity index (χ0) is 16.4. The molecule has 0 saturated carbocycles. The van der Waals surface area contributed by atoms with E-state index < -0.39 is 16.1 Å². The standard InChI is InChI=1S/C16H23N3O3S/c1-2-17-10-23(21,22)19-16(20)18-15-13-7-3-5-11(13)9-12-6-4-8-14(12)15/h9,17H,2-8,10H2,1H3,(H2,18,19,20). The van der Waals surface area contributed by atoms with Crippen molar-refractivity contribution >= 4 is 21.7 Å². The lowest BCUT2D eigenvalue weighted by atomic mass is 9.99. The number of carbonyl (C=O) groups excluding carboxylic acids is 1. The van der Waals surface area contributed by atoms with Gasteiger partial charge in [-0.25, -0.2) is 17.9 Å². The minimum atomic E-state index is -3.66. The van der Waals surface area contributed by atoms with Crippen LogP contribution in [0.5, 0.6) is 0 Å². The minimum absolute atomic E-state index is 0.262. The van der Waals surface area contributed by atoms with Crippen molar-refractivity contribution in [2.75, 3.05) is 17.7 Å². The Morgan fingerprint density at radius 3 is 2.26 bits per heavy atom. The first-order chi connectivity index (χ1) is 11.0. The Morgan fingerprint density at radius 2 is 1.70 bits per heavy atom. The van der Waals surface area contributed by atoms with Gasteiger partial charge in [0.2, 0.25) is 10.0 Å². The topological polar surface area (TPSA) is 87.3 Å². The molecule has 23 heavy (non-hydrogen) atoms. The number of hydrogen-bond donors (Lipinski definition) is 3. The van der Waals surface area contributed by atoms with Crippen molar-refractivity contribution in [1.82, 2.24) is 10.0 Å². The molecule has 3 N–H and O–H groups in total. The predicted octanol–water partition coefficient (Wildman–Crippen LogP) is 1.68. The molecule has 0 aromatic heterocycles. The van der Waals surface area contributed by atoms with E-state index >= 15 is 0 Å². The van der Waals surface area contributed by atoms with Gasteiger partial charge >= 0.3 is 6.03 Å². The number of amides is 2. The van der Waals surface area contributed by atoms with Gasteiger partial charge in [-0.1, -0.05) is 13.0 Å². The fraction of sp³-hybridized carbons (Fsp3) is 0.562. The van der Waals surface area contributed by atoms with Crippen LogP contribution in [0.2, 0.25) is 0 Å². The van der Waals surface area contributed by atoms with Crippen LogP contribution in [-0.2, 0) is 35.7 Å². The number of anilines is 1. The summed E-state index contributed by atoms with van der Waals surface area (Å²) in [4.78, 5) is 12.2. The molecule has 0 unspecified atom stereocenters. The molecule has 2 aliphatic rings. The van der Waals surface area contributed by atoms with Gasteiger partial charge in [0.25, 0.3) is 0 Å². The molecule has 0 aliphatic heterocycles. The summed E-state index contributed by atoms with van der Waals surface area (Å²) in [5.41, 5.74) is 5.83. The number of hydrogen-bond acceptors (Lipinski definition) is 4. The van der Waals surface area contributed by atoms with Crippen LogP contribution in [0.4, 0.5) is 10.5 Å². The number of benzene rings is 1. The number of aryl methyl sites for hydroxylation is 2. The Kier molecular flexibility index (Phi) is 4.59. The monoisotopic (exact) mass is 337 g/mol. The summed E-state index contributed by atoms with van der Waals surface area (Å²) in [6, 6.07) is 1.60. The molecule has 1 aromatic rings. The Labute approximate surface area is 137 Å². The van der Waals surface area contributed by atoms with Gasteiger partial charge in [-0.2, -0.15) is 0 Å². The summed E-state index contributed by atoms with van der Waals surface area (Å²) in [5.74, 6) is -0.262. The third-order valence-corrected chi connectivity index (χ3v) is 5.58. The van der Waals surface area contributed by atoms with Gasteiger partial charge < -0.3 is 10.6 Å². The highest BCUT2D eigenvalue weighted by Gasteiger charge is 2.25. The summed E-state index contributed by atoms with van der Waals surface area (Å²) in [7, 11) is -3.66. The predicted molar refractivity (Wildman–Crippen MR) is 90.1 cm³/mol. The van der Waals surface area contributed by atoms with Gasteiger partial charge in [0, 0.05) is 5.69 Å². The molecule has 0 saturated heterocycles. The Balaban J connectivity index is 1.80. The molecule has 3 rings (SSSR count). The smallest absolute Gasteiger partial charge is 0.307 e. The Bertz CT molecular complexity index is 696. The highest BCUT2D eigenvalue weighted by Crippen LogP contribution is 2.38. The molecule has 1 aromatic carbocycles. The molecule has 0 spiro atoms. The second-order valence-electron chi connectivity index (χ2n) is 6.15. The normalized spacial score (nSPS) is 16.0. The largest absolute Gasteiger partial charge is 0.332 e. The number of nitrogens with one attached hydrogen (secondary N) is 3. The first kappa shape index (κ1) is 16.3. The number of rotatable bonds is 5. The molecule has 2 amide bonds. The third-order valence-electron chi connectivity index (χ3n) is 4.50. The first-order valence-electron chi connectivity index (χ1n) is 8.19. The van der Waals surface area contributed by atoms with E-state index in [9.17, 15) is 13.2 Å². The molecule has 126 valence electrons. The van der Waals surface area contributed by atoms with E-state index in [1.807, 2.05) is 6.92 Å². The fourth-order valence-electron chi connectivity index (χ4n) is 3.52. The lowest BCUT2D eigenvalue weighted by Crippen LogP contribution is -2.40. The van der Waals surface area contributed by atoms with E-state index in [-0.39, 0.29) is 5.88 Å². The second kappa shape index (κ2) is 6.49. The summed E-state index contributed by atoms with van der Waals surface area (Å²) in [6.07, 6.45) is 6.15. The first-order valence-corrected chi connectivity index (χ1v) is 9.84. The van der Waals surface area contributed by atoms with Gasteiger partial charge in [-0.3, -0.25) is 0 Å². The van der Waals surface area contributed by atoms with Crippen LogP contribution in [-0.4, -0.2) is 26.9 Å². The third kappa shape index (κ3) is 3.50. The van der Waals surface area contributed by atoms with Gasteiger partial charge in [-0.15, -0.1) is 0 Å². The highest BCUT2D eigenvalue weighted by molar-refractivity contribution is 7.90. The molecule has 7 heteroatoms. The SMILES string of the molecule is CCNCS(=O)(=O)NC(=O)Nc1c2c(cc3c1CCC3)CCC2. The zero-order valence-electron chi connectivity index (χ0n) is 13.4. The van der Waals surface area contributed by atoms with E-state index in [0.29, 0.717) is 6.54 Å². The van der Waals surface area contributed by atoms with Crippen molar-refractivity contribution in [3.8, 4) is 0 Å². The molecule has 6 nitrogen and oxygen atoms in total.